The van der Waals surface area contributed by atoms with Gasteiger partial charge in [0.1, 0.15) is 0 Å². The van der Waals surface area contributed by atoms with Crippen LogP contribution in [0.3, 0.4) is 0 Å². The molecule has 2 rings (SSSR count). The molecule has 0 amide bonds. The first-order chi connectivity index (χ1) is 9.91. The molecule has 2 nitrogen and oxygen atoms in total. The lowest BCUT2D eigenvalue weighted by atomic mass is 9.70. The number of hydrazine groups is 1. The molecule has 1 fully saturated rings. The normalized spacial score (nSPS) is 20.7. The van der Waals surface area contributed by atoms with Crippen molar-refractivity contribution in [1.29, 1.82) is 0 Å². The van der Waals surface area contributed by atoms with Crippen LogP contribution in [0, 0.1) is 17.3 Å². The predicted molar refractivity (Wildman–Crippen MR) is 90.8 cm³/mol. The van der Waals surface area contributed by atoms with Gasteiger partial charge in [-0.3, -0.25) is 11.3 Å². The first-order valence-electron chi connectivity index (χ1n) is 8.46. The van der Waals surface area contributed by atoms with Crippen molar-refractivity contribution < 1.29 is 0 Å². The van der Waals surface area contributed by atoms with Gasteiger partial charge in [0.2, 0.25) is 0 Å². The molecular formula is C19H32N2. The number of benzene rings is 1. The lowest BCUT2D eigenvalue weighted by Gasteiger charge is -2.38. The summed E-state index contributed by atoms with van der Waals surface area (Å²) in [7, 11) is 0. The van der Waals surface area contributed by atoms with Gasteiger partial charge < -0.3 is 0 Å². The van der Waals surface area contributed by atoms with E-state index in [2.05, 4.69) is 57.4 Å². The summed E-state index contributed by atoms with van der Waals surface area (Å²) in [6.45, 7) is 9.32. The fourth-order valence-corrected chi connectivity index (χ4v) is 3.64. The maximum absolute atomic E-state index is 5.90. The average Bonchev–Trinajstić information content (AvgIpc) is 2.41. The summed E-state index contributed by atoms with van der Waals surface area (Å²) in [5.74, 6) is 7.26. The van der Waals surface area contributed by atoms with E-state index >= 15 is 0 Å². The van der Waals surface area contributed by atoms with Crippen LogP contribution in [0.25, 0.3) is 0 Å². The third kappa shape index (κ3) is 4.55. The maximum Gasteiger partial charge on any atom is 0.0488 e. The fraction of sp³-hybridized carbons (Fsp3) is 0.684. The molecule has 1 aromatic carbocycles. The highest BCUT2D eigenvalue weighted by Crippen LogP contribution is 2.42. The third-order valence-electron chi connectivity index (χ3n) is 4.99. The number of hydrogen-bond donors (Lipinski definition) is 2. The zero-order valence-corrected chi connectivity index (χ0v) is 14.2. The standard InChI is InChI=1S/C19H32N2/c1-14(2)12-15-6-5-7-17(13-15)18(21-20)16-8-10-19(3,4)11-9-16/h5-7,13-14,16,18,21H,8-12,20H2,1-4H3. The molecule has 0 bridgehead atoms. The van der Waals surface area contributed by atoms with Crippen LogP contribution >= 0.6 is 0 Å². The Bertz CT molecular complexity index is 441. The van der Waals surface area contributed by atoms with Crippen LogP contribution in [0.1, 0.15) is 70.5 Å². The van der Waals surface area contributed by atoms with Gasteiger partial charge in [0.15, 0.2) is 0 Å². The third-order valence-corrected chi connectivity index (χ3v) is 4.99. The Kier molecular flexibility index (Phi) is 5.45. The van der Waals surface area contributed by atoms with Crippen molar-refractivity contribution in [3.8, 4) is 0 Å². The highest BCUT2D eigenvalue weighted by atomic mass is 15.2. The Hall–Kier alpha value is -0.860. The van der Waals surface area contributed by atoms with Gasteiger partial charge in [0, 0.05) is 6.04 Å². The summed E-state index contributed by atoms with van der Waals surface area (Å²) in [5.41, 5.74) is 6.40. The summed E-state index contributed by atoms with van der Waals surface area (Å²) in [6.07, 6.45) is 6.30. The molecule has 21 heavy (non-hydrogen) atoms. The van der Waals surface area contributed by atoms with Crippen LogP contribution in [0.2, 0.25) is 0 Å². The Morgan fingerprint density at radius 2 is 1.90 bits per heavy atom. The van der Waals surface area contributed by atoms with Gasteiger partial charge in [-0.1, -0.05) is 52.0 Å². The lowest BCUT2D eigenvalue weighted by Crippen LogP contribution is -2.36. The quantitative estimate of drug-likeness (QED) is 0.613. The number of hydrogen-bond acceptors (Lipinski definition) is 2. The van der Waals surface area contributed by atoms with E-state index in [4.69, 9.17) is 5.84 Å². The van der Waals surface area contributed by atoms with Crippen LogP contribution in [-0.4, -0.2) is 0 Å². The van der Waals surface area contributed by atoms with E-state index in [0.717, 1.165) is 6.42 Å². The van der Waals surface area contributed by atoms with Crippen molar-refractivity contribution >= 4 is 0 Å². The van der Waals surface area contributed by atoms with Crippen LogP contribution < -0.4 is 11.3 Å². The molecule has 2 heteroatoms. The summed E-state index contributed by atoms with van der Waals surface area (Å²) in [5, 5.41) is 0. The highest BCUT2D eigenvalue weighted by Gasteiger charge is 2.31. The fourth-order valence-electron chi connectivity index (χ4n) is 3.64. The number of nitrogens with one attached hydrogen (secondary N) is 1. The summed E-state index contributed by atoms with van der Waals surface area (Å²) >= 11 is 0. The molecule has 0 saturated heterocycles. The number of nitrogens with two attached hydrogens (primary N) is 1. The molecule has 0 spiro atoms. The van der Waals surface area contributed by atoms with Crippen LogP contribution in [-0.2, 0) is 6.42 Å². The van der Waals surface area contributed by atoms with Crippen molar-refractivity contribution in [2.24, 2.45) is 23.1 Å². The highest BCUT2D eigenvalue weighted by molar-refractivity contribution is 5.27. The minimum Gasteiger partial charge on any atom is -0.271 e. The molecule has 1 saturated carbocycles. The topological polar surface area (TPSA) is 38.0 Å². The summed E-state index contributed by atoms with van der Waals surface area (Å²) < 4.78 is 0. The summed E-state index contributed by atoms with van der Waals surface area (Å²) in [6, 6.07) is 9.30. The Balaban J connectivity index is 2.10. The van der Waals surface area contributed by atoms with E-state index in [1.165, 1.54) is 36.8 Å². The molecule has 0 heterocycles. The van der Waals surface area contributed by atoms with E-state index in [9.17, 15) is 0 Å². The van der Waals surface area contributed by atoms with Crippen molar-refractivity contribution in [1.82, 2.24) is 5.43 Å². The zero-order chi connectivity index (χ0) is 15.5. The van der Waals surface area contributed by atoms with Crippen LogP contribution in [0.4, 0.5) is 0 Å². The van der Waals surface area contributed by atoms with Crippen LogP contribution in [0.15, 0.2) is 24.3 Å². The smallest absolute Gasteiger partial charge is 0.0488 e. The van der Waals surface area contributed by atoms with E-state index in [-0.39, 0.29) is 0 Å². The number of rotatable bonds is 5. The summed E-state index contributed by atoms with van der Waals surface area (Å²) in [4.78, 5) is 0. The molecule has 1 unspecified atom stereocenters. The average molecular weight is 288 g/mol. The minimum absolute atomic E-state index is 0.299. The molecule has 3 N–H and O–H groups in total. The molecule has 0 aliphatic heterocycles. The molecule has 0 radical (unpaired) electrons. The first kappa shape index (κ1) is 16.5. The molecule has 0 aromatic heterocycles. The van der Waals surface area contributed by atoms with Gasteiger partial charge in [-0.15, -0.1) is 0 Å². The Labute approximate surface area is 130 Å². The van der Waals surface area contributed by atoms with E-state index < -0.39 is 0 Å². The largest absolute Gasteiger partial charge is 0.271 e. The second kappa shape index (κ2) is 6.93. The predicted octanol–water partition coefficient (Wildman–Crippen LogP) is 4.61. The second-order valence-corrected chi connectivity index (χ2v) is 7.99. The van der Waals surface area contributed by atoms with Gasteiger partial charge in [0.05, 0.1) is 0 Å². The second-order valence-electron chi connectivity index (χ2n) is 7.99. The van der Waals surface area contributed by atoms with Crippen molar-refractivity contribution in [3.63, 3.8) is 0 Å². The van der Waals surface area contributed by atoms with Crippen LogP contribution in [0.5, 0.6) is 0 Å². The van der Waals surface area contributed by atoms with Gasteiger partial charge in [-0.25, -0.2) is 0 Å². The van der Waals surface area contributed by atoms with Gasteiger partial charge >= 0.3 is 0 Å². The van der Waals surface area contributed by atoms with E-state index in [0.29, 0.717) is 23.3 Å². The molecular weight excluding hydrogens is 256 g/mol. The molecule has 1 aromatic rings. The van der Waals surface area contributed by atoms with E-state index in [1.54, 1.807) is 0 Å². The first-order valence-corrected chi connectivity index (χ1v) is 8.46. The molecule has 118 valence electrons. The monoisotopic (exact) mass is 288 g/mol. The SMILES string of the molecule is CC(C)Cc1cccc(C(NN)C2CCC(C)(C)CC2)c1. The maximum atomic E-state index is 5.90. The molecule has 1 aliphatic rings. The van der Waals surface area contributed by atoms with Crippen molar-refractivity contribution in [2.75, 3.05) is 0 Å². The Morgan fingerprint density at radius 1 is 1.24 bits per heavy atom. The zero-order valence-electron chi connectivity index (χ0n) is 14.2. The van der Waals surface area contributed by atoms with Gasteiger partial charge in [-0.2, -0.15) is 0 Å². The van der Waals surface area contributed by atoms with Crippen molar-refractivity contribution in [2.45, 2.75) is 65.8 Å². The van der Waals surface area contributed by atoms with Gasteiger partial charge in [0.25, 0.3) is 0 Å². The minimum atomic E-state index is 0.299. The van der Waals surface area contributed by atoms with Crippen molar-refractivity contribution in [3.05, 3.63) is 35.4 Å². The van der Waals surface area contributed by atoms with E-state index in [1.807, 2.05) is 0 Å². The molecule has 1 atom stereocenters. The Morgan fingerprint density at radius 3 is 2.48 bits per heavy atom. The van der Waals surface area contributed by atoms with Gasteiger partial charge in [-0.05, 0) is 60.5 Å². The molecule has 1 aliphatic carbocycles. The lowest BCUT2D eigenvalue weighted by molar-refractivity contribution is 0.161.